The molecule has 2 heteroatoms. The molecule has 134 valence electrons. The first-order valence-electron chi connectivity index (χ1n) is 9.16. The lowest BCUT2D eigenvalue weighted by Crippen LogP contribution is -2.04. The lowest BCUT2D eigenvalue weighted by atomic mass is 9.89. The quantitative estimate of drug-likeness (QED) is 0.448. The van der Waals surface area contributed by atoms with Crippen LogP contribution in [0.2, 0.25) is 0 Å². The summed E-state index contributed by atoms with van der Waals surface area (Å²) in [6.45, 7) is 12.7. The van der Waals surface area contributed by atoms with Gasteiger partial charge in [0, 0.05) is 6.92 Å². The molecule has 0 aromatic heterocycles. The van der Waals surface area contributed by atoms with Gasteiger partial charge in [0.15, 0.2) is 0 Å². The zero-order valence-electron chi connectivity index (χ0n) is 16.0. The number of rotatable bonds is 3. The normalized spacial score (nSPS) is 27.5. The van der Waals surface area contributed by atoms with Crippen molar-refractivity contribution in [2.75, 3.05) is 6.61 Å². The van der Waals surface area contributed by atoms with Crippen LogP contribution in [0.4, 0.5) is 0 Å². The average molecular weight is 331 g/mol. The second-order valence-corrected chi connectivity index (χ2v) is 7.14. The van der Waals surface area contributed by atoms with Gasteiger partial charge in [-0.3, -0.25) is 4.79 Å². The molecule has 0 bridgehead atoms. The maximum absolute atomic E-state index is 11.1. The van der Waals surface area contributed by atoms with E-state index in [1.807, 2.05) is 0 Å². The summed E-state index contributed by atoms with van der Waals surface area (Å²) in [5, 5.41) is 0. The number of hydrogen-bond acceptors (Lipinski definition) is 2. The number of allylic oxidation sites excluding steroid dienone is 6. The average Bonchev–Trinajstić information content (AvgIpc) is 2.50. The predicted octanol–water partition coefficient (Wildman–Crippen LogP) is 6.31. The molecule has 0 saturated heterocycles. The van der Waals surface area contributed by atoms with Crippen molar-refractivity contribution in [3.63, 3.8) is 0 Å². The van der Waals surface area contributed by atoms with Gasteiger partial charge in [0.05, 0.1) is 0 Å². The standard InChI is InChI=1S/C22H34O2/c1-17(2)22-14-12-18(3)8-6-10-21(16-24-20(5)23)11-7-9-19(4)13-15-22/h8,11,13,22H,1,6-7,9-10,12,14-16H2,2-5H3/b18-8+,19-13+,21-11+. The molecular formula is C22H34O2. The summed E-state index contributed by atoms with van der Waals surface area (Å²) >= 11 is 0. The third-order valence-corrected chi connectivity index (χ3v) is 4.73. The van der Waals surface area contributed by atoms with Gasteiger partial charge in [-0.05, 0) is 77.2 Å². The molecule has 1 atom stereocenters. The number of carbonyl (C=O) groups excluding carboxylic acids is 1. The Morgan fingerprint density at radius 1 is 1.08 bits per heavy atom. The van der Waals surface area contributed by atoms with Crippen molar-refractivity contribution in [3.05, 3.63) is 47.1 Å². The first kappa shape index (κ1) is 20.5. The van der Waals surface area contributed by atoms with Crippen LogP contribution in [0.3, 0.4) is 0 Å². The third kappa shape index (κ3) is 8.90. The summed E-state index contributed by atoms with van der Waals surface area (Å²) in [4.78, 5) is 11.1. The predicted molar refractivity (Wildman–Crippen MR) is 103 cm³/mol. The monoisotopic (exact) mass is 330 g/mol. The van der Waals surface area contributed by atoms with Gasteiger partial charge in [-0.1, -0.05) is 41.5 Å². The van der Waals surface area contributed by atoms with Gasteiger partial charge in [-0.2, -0.15) is 0 Å². The van der Waals surface area contributed by atoms with Crippen LogP contribution in [-0.2, 0) is 9.53 Å². The number of hydrogen-bond donors (Lipinski definition) is 0. The van der Waals surface area contributed by atoms with Crippen LogP contribution in [0, 0.1) is 5.92 Å². The van der Waals surface area contributed by atoms with E-state index in [9.17, 15) is 4.79 Å². The van der Waals surface area contributed by atoms with Crippen molar-refractivity contribution >= 4 is 5.97 Å². The van der Waals surface area contributed by atoms with Gasteiger partial charge < -0.3 is 4.74 Å². The van der Waals surface area contributed by atoms with E-state index in [4.69, 9.17) is 4.74 Å². The highest BCUT2D eigenvalue weighted by atomic mass is 16.5. The Morgan fingerprint density at radius 2 is 1.75 bits per heavy atom. The molecule has 0 aromatic carbocycles. The Hall–Kier alpha value is -1.57. The largest absolute Gasteiger partial charge is 0.461 e. The number of esters is 1. The molecule has 0 amide bonds. The van der Waals surface area contributed by atoms with Crippen LogP contribution in [0.1, 0.15) is 72.6 Å². The maximum Gasteiger partial charge on any atom is 0.302 e. The van der Waals surface area contributed by atoms with Crippen LogP contribution in [0.25, 0.3) is 0 Å². The van der Waals surface area contributed by atoms with E-state index in [-0.39, 0.29) is 5.97 Å². The zero-order valence-corrected chi connectivity index (χ0v) is 16.0. The van der Waals surface area contributed by atoms with Crippen LogP contribution in [0.5, 0.6) is 0 Å². The molecule has 0 spiro atoms. The zero-order chi connectivity index (χ0) is 17.9. The van der Waals surface area contributed by atoms with E-state index in [0.717, 1.165) is 38.5 Å². The van der Waals surface area contributed by atoms with Crippen molar-refractivity contribution in [1.82, 2.24) is 0 Å². The Labute approximate surface area is 148 Å². The van der Waals surface area contributed by atoms with Gasteiger partial charge in [-0.25, -0.2) is 0 Å². The molecular weight excluding hydrogens is 296 g/mol. The molecule has 0 fully saturated rings. The lowest BCUT2D eigenvalue weighted by molar-refractivity contribution is -0.140. The van der Waals surface area contributed by atoms with Gasteiger partial charge in [-0.15, -0.1) is 0 Å². The number of carbonyl (C=O) groups is 1. The number of ether oxygens (including phenoxy) is 1. The third-order valence-electron chi connectivity index (χ3n) is 4.73. The molecule has 0 N–H and O–H groups in total. The van der Waals surface area contributed by atoms with Crippen LogP contribution in [-0.4, -0.2) is 12.6 Å². The minimum absolute atomic E-state index is 0.205. The smallest absolute Gasteiger partial charge is 0.302 e. The Balaban J connectivity index is 2.81. The Kier molecular flexibility index (Phi) is 9.44. The van der Waals surface area contributed by atoms with Crippen molar-refractivity contribution in [3.8, 4) is 0 Å². The van der Waals surface area contributed by atoms with E-state index in [0.29, 0.717) is 12.5 Å². The second kappa shape index (κ2) is 11.1. The highest BCUT2D eigenvalue weighted by Crippen LogP contribution is 2.24. The maximum atomic E-state index is 11.1. The summed E-state index contributed by atoms with van der Waals surface area (Å²) in [6.07, 6.45) is 14.5. The molecule has 0 saturated carbocycles. The topological polar surface area (TPSA) is 26.3 Å². The summed E-state index contributed by atoms with van der Waals surface area (Å²) < 4.78 is 5.19. The highest BCUT2D eigenvalue weighted by Gasteiger charge is 2.09. The molecule has 24 heavy (non-hydrogen) atoms. The highest BCUT2D eigenvalue weighted by molar-refractivity contribution is 5.66. The summed E-state index contributed by atoms with van der Waals surface area (Å²) in [5.41, 5.74) is 5.42. The first-order valence-corrected chi connectivity index (χ1v) is 9.16. The van der Waals surface area contributed by atoms with Gasteiger partial charge in [0.2, 0.25) is 0 Å². The molecule has 0 heterocycles. The van der Waals surface area contributed by atoms with Crippen LogP contribution in [0.15, 0.2) is 47.1 Å². The lowest BCUT2D eigenvalue weighted by Gasteiger charge is -2.16. The Bertz CT molecular complexity index is 520. The SMILES string of the molecule is C=C(C)C1C/C=C(\C)CC/C=C(/COC(C)=O)CC/C=C(\C)CC1. The summed E-state index contributed by atoms with van der Waals surface area (Å²) in [7, 11) is 0. The molecule has 0 radical (unpaired) electrons. The van der Waals surface area contributed by atoms with Crippen LogP contribution >= 0.6 is 0 Å². The van der Waals surface area contributed by atoms with Crippen molar-refractivity contribution in [2.24, 2.45) is 5.92 Å². The Morgan fingerprint density at radius 3 is 2.42 bits per heavy atom. The van der Waals surface area contributed by atoms with E-state index in [1.54, 1.807) is 0 Å². The van der Waals surface area contributed by atoms with Gasteiger partial charge in [0.1, 0.15) is 6.61 Å². The fraction of sp³-hybridized carbons (Fsp3) is 0.591. The van der Waals surface area contributed by atoms with E-state index in [1.165, 1.54) is 35.6 Å². The van der Waals surface area contributed by atoms with Crippen LogP contribution < -0.4 is 0 Å². The molecule has 0 aromatic rings. The molecule has 1 aliphatic rings. The second-order valence-electron chi connectivity index (χ2n) is 7.14. The molecule has 1 unspecified atom stereocenters. The summed E-state index contributed by atoms with van der Waals surface area (Å²) in [5.74, 6) is 0.380. The van der Waals surface area contributed by atoms with Crippen molar-refractivity contribution in [2.45, 2.75) is 72.6 Å². The van der Waals surface area contributed by atoms with Gasteiger partial charge >= 0.3 is 5.97 Å². The van der Waals surface area contributed by atoms with E-state index >= 15 is 0 Å². The van der Waals surface area contributed by atoms with Crippen molar-refractivity contribution in [1.29, 1.82) is 0 Å². The minimum atomic E-state index is -0.205. The van der Waals surface area contributed by atoms with E-state index < -0.39 is 0 Å². The molecule has 0 aliphatic heterocycles. The molecule has 1 aliphatic carbocycles. The fourth-order valence-corrected chi connectivity index (χ4v) is 2.95. The minimum Gasteiger partial charge on any atom is -0.461 e. The fourth-order valence-electron chi connectivity index (χ4n) is 2.95. The van der Waals surface area contributed by atoms with Crippen molar-refractivity contribution < 1.29 is 9.53 Å². The molecule has 1 rings (SSSR count). The van der Waals surface area contributed by atoms with E-state index in [2.05, 4.69) is 45.6 Å². The molecule has 2 nitrogen and oxygen atoms in total. The van der Waals surface area contributed by atoms with Gasteiger partial charge in [0.25, 0.3) is 0 Å². The first-order chi connectivity index (χ1) is 11.4. The summed E-state index contributed by atoms with van der Waals surface area (Å²) in [6, 6.07) is 0.